The standard InChI is InChI=1S/C9H10BrN5/c1-6-4-7(2-3-8(6)10)15-13-9(5-11)12-14-15/h2-4H,5,11H2,1H3. The maximum absolute atomic E-state index is 5.41. The molecule has 0 saturated carbocycles. The first kappa shape index (κ1) is 10.3. The molecule has 0 fully saturated rings. The van der Waals surface area contributed by atoms with Crippen molar-refractivity contribution in [3.8, 4) is 5.69 Å². The lowest BCUT2D eigenvalue weighted by Crippen LogP contribution is -2.02. The zero-order chi connectivity index (χ0) is 10.8. The van der Waals surface area contributed by atoms with Crippen molar-refractivity contribution in [3.05, 3.63) is 34.1 Å². The highest BCUT2D eigenvalue weighted by molar-refractivity contribution is 9.10. The van der Waals surface area contributed by atoms with E-state index in [1.54, 1.807) is 0 Å². The first-order chi connectivity index (χ1) is 7.20. The average Bonchev–Trinajstić information content (AvgIpc) is 2.70. The number of nitrogens with two attached hydrogens (primary N) is 1. The number of nitrogens with zero attached hydrogens (tertiary/aromatic N) is 4. The fourth-order valence-corrected chi connectivity index (χ4v) is 1.43. The molecule has 2 N–H and O–H groups in total. The molecule has 78 valence electrons. The van der Waals surface area contributed by atoms with Gasteiger partial charge < -0.3 is 5.73 Å². The van der Waals surface area contributed by atoms with E-state index in [4.69, 9.17) is 5.73 Å². The molecule has 1 aromatic carbocycles. The lowest BCUT2D eigenvalue weighted by molar-refractivity contribution is 0.716. The van der Waals surface area contributed by atoms with Gasteiger partial charge in [0.15, 0.2) is 5.82 Å². The topological polar surface area (TPSA) is 69.6 Å². The van der Waals surface area contributed by atoms with Crippen LogP contribution in [0.1, 0.15) is 11.4 Å². The second kappa shape index (κ2) is 4.08. The molecule has 0 aliphatic carbocycles. The molecular weight excluding hydrogens is 258 g/mol. The summed E-state index contributed by atoms with van der Waals surface area (Å²) in [6, 6.07) is 5.85. The summed E-state index contributed by atoms with van der Waals surface area (Å²) in [5.41, 5.74) is 7.41. The van der Waals surface area contributed by atoms with Crippen LogP contribution in [-0.2, 0) is 6.54 Å². The van der Waals surface area contributed by atoms with Crippen LogP contribution in [-0.4, -0.2) is 20.2 Å². The van der Waals surface area contributed by atoms with Gasteiger partial charge in [0.1, 0.15) is 0 Å². The molecule has 0 radical (unpaired) electrons. The van der Waals surface area contributed by atoms with Crippen molar-refractivity contribution in [1.82, 2.24) is 20.2 Å². The maximum atomic E-state index is 5.41. The fraction of sp³-hybridized carbons (Fsp3) is 0.222. The molecule has 2 aromatic rings. The van der Waals surface area contributed by atoms with Crippen LogP contribution in [0.5, 0.6) is 0 Å². The highest BCUT2D eigenvalue weighted by Gasteiger charge is 2.04. The van der Waals surface area contributed by atoms with E-state index in [1.165, 1.54) is 4.80 Å². The molecule has 0 saturated heterocycles. The molecule has 0 unspecified atom stereocenters. The maximum Gasteiger partial charge on any atom is 0.188 e. The van der Waals surface area contributed by atoms with Crippen molar-refractivity contribution in [2.24, 2.45) is 5.73 Å². The van der Waals surface area contributed by atoms with Crippen LogP contribution in [0.2, 0.25) is 0 Å². The Kier molecular flexibility index (Phi) is 2.79. The van der Waals surface area contributed by atoms with E-state index in [1.807, 2.05) is 25.1 Å². The Morgan fingerprint density at radius 3 is 2.87 bits per heavy atom. The summed E-state index contributed by atoms with van der Waals surface area (Å²) >= 11 is 3.44. The third kappa shape index (κ3) is 2.05. The van der Waals surface area contributed by atoms with Gasteiger partial charge in [0.05, 0.1) is 12.2 Å². The summed E-state index contributed by atoms with van der Waals surface area (Å²) in [5.74, 6) is 0.538. The second-order valence-electron chi connectivity index (χ2n) is 3.13. The SMILES string of the molecule is Cc1cc(-n2nnc(CN)n2)ccc1Br. The molecule has 0 amide bonds. The molecule has 2 rings (SSSR count). The normalized spacial score (nSPS) is 10.6. The number of hydrogen-bond acceptors (Lipinski definition) is 4. The smallest absolute Gasteiger partial charge is 0.188 e. The Morgan fingerprint density at radius 2 is 2.27 bits per heavy atom. The van der Waals surface area contributed by atoms with Crippen LogP contribution in [0, 0.1) is 6.92 Å². The monoisotopic (exact) mass is 267 g/mol. The molecule has 0 atom stereocenters. The Hall–Kier alpha value is -1.27. The molecule has 0 aliphatic rings. The number of benzene rings is 1. The van der Waals surface area contributed by atoms with Crippen molar-refractivity contribution in [3.63, 3.8) is 0 Å². The van der Waals surface area contributed by atoms with Crippen LogP contribution < -0.4 is 5.73 Å². The van der Waals surface area contributed by atoms with Gasteiger partial charge >= 0.3 is 0 Å². The molecular formula is C9H10BrN5. The van der Waals surface area contributed by atoms with E-state index in [0.717, 1.165) is 15.7 Å². The molecule has 0 spiro atoms. The molecule has 1 aromatic heterocycles. The molecule has 6 heteroatoms. The van der Waals surface area contributed by atoms with E-state index < -0.39 is 0 Å². The largest absolute Gasteiger partial charge is 0.324 e. The van der Waals surface area contributed by atoms with Gasteiger partial charge in [-0.15, -0.1) is 15.0 Å². The van der Waals surface area contributed by atoms with Gasteiger partial charge in [0.25, 0.3) is 0 Å². The number of aromatic nitrogens is 4. The van der Waals surface area contributed by atoms with E-state index in [2.05, 4.69) is 31.3 Å². The minimum atomic E-state index is 0.301. The molecule has 5 nitrogen and oxygen atoms in total. The third-order valence-corrected chi connectivity index (χ3v) is 2.90. The molecule has 0 aliphatic heterocycles. The Balaban J connectivity index is 2.40. The highest BCUT2D eigenvalue weighted by atomic mass is 79.9. The molecule has 15 heavy (non-hydrogen) atoms. The van der Waals surface area contributed by atoms with E-state index in [0.29, 0.717) is 12.4 Å². The summed E-state index contributed by atoms with van der Waals surface area (Å²) in [6.07, 6.45) is 0. The van der Waals surface area contributed by atoms with E-state index in [-0.39, 0.29) is 0 Å². The lowest BCUT2D eigenvalue weighted by atomic mass is 10.2. The first-order valence-corrected chi connectivity index (χ1v) is 5.25. The van der Waals surface area contributed by atoms with Gasteiger partial charge in [0.2, 0.25) is 0 Å². The van der Waals surface area contributed by atoms with Gasteiger partial charge in [0, 0.05) is 4.47 Å². The zero-order valence-corrected chi connectivity index (χ0v) is 9.77. The number of hydrogen-bond donors (Lipinski definition) is 1. The quantitative estimate of drug-likeness (QED) is 0.888. The number of rotatable bonds is 2. The predicted molar refractivity (Wildman–Crippen MR) is 59.5 cm³/mol. The van der Waals surface area contributed by atoms with E-state index >= 15 is 0 Å². The Morgan fingerprint density at radius 1 is 1.47 bits per heavy atom. The zero-order valence-electron chi connectivity index (χ0n) is 8.18. The van der Waals surface area contributed by atoms with Crippen molar-refractivity contribution in [2.45, 2.75) is 13.5 Å². The van der Waals surface area contributed by atoms with Crippen LogP contribution in [0.4, 0.5) is 0 Å². The van der Waals surface area contributed by atoms with Crippen LogP contribution in [0.15, 0.2) is 22.7 Å². The highest BCUT2D eigenvalue weighted by Crippen LogP contribution is 2.18. The summed E-state index contributed by atoms with van der Waals surface area (Å²) in [4.78, 5) is 1.47. The number of aryl methyl sites for hydroxylation is 1. The first-order valence-electron chi connectivity index (χ1n) is 4.46. The van der Waals surface area contributed by atoms with Crippen molar-refractivity contribution >= 4 is 15.9 Å². The van der Waals surface area contributed by atoms with Crippen LogP contribution in [0.3, 0.4) is 0 Å². The van der Waals surface area contributed by atoms with Gasteiger partial charge in [-0.2, -0.15) is 0 Å². The number of halogens is 1. The van der Waals surface area contributed by atoms with Crippen LogP contribution >= 0.6 is 15.9 Å². The molecule has 1 heterocycles. The number of tetrazole rings is 1. The van der Waals surface area contributed by atoms with Crippen molar-refractivity contribution < 1.29 is 0 Å². The predicted octanol–water partition coefficient (Wildman–Crippen LogP) is 1.19. The van der Waals surface area contributed by atoms with Gasteiger partial charge in [-0.3, -0.25) is 0 Å². The third-order valence-electron chi connectivity index (χ3n) is 2.01. The van der Waals surface area contributed by atoms with Gasteiger partial charge in [-0.05, 0) is 35.9 Å². The lowest BCUT2D eigenvalue weighted by Gasteiger charge is -2.01. The summed E-state index contributed by atoms with van der Waals surface area (Å²) in [6.45, 7) is 2.31. The minimum Gasteiger partial charge on any atom is -0.324 e. The van der Waals surface area contributed by atoms with Crippen molar-refractivity contribution in [2.75, 3.05) is 0 Å². The van der Waals surface area contributed by atoms with Crippen LogP contribution in [0.25, 0.3) is 5.69 Å². The molecule has 0 bridgehead atoms. The van der Waals surface area contributed by atoms with Crippen molar-refractivity contribution in [1.29, 1.82) is 0 Å². The fourth-order valence-electron chi connectivity index (χ4n) is 1.19. The Labute approximate surface area is 95.4 Å². The van der Waals surface area contributed by atoms with E-state index in [9.17, 15) is 0 Å². The summed E-state index contributed by atoms with van der Waals surface area (Å²) in [7, 11) is 0. The second-order valence-corrected chi connectivity index (χ2v) is 3.99. The van der Waals surface area contributed by atoms with Gasteiger partial charge in [-0.1, -0.05) is 15.9 Å². The summed E-state index contributed by atoms with van der Waals surface area (Å²) < 4.78 is 1.06. The van der Waals surface area contributed by atoms with Gasteiger partial charge in [-0.25, -0.2) is 0 Å². The minimum absolute atomic E-state index is 0.301. The average molecular weight is 268 g/mol. The summed E-state index contributed by atoms with van der Waals surface area (Å²) in [5, 5.41) is 11.8. The Bertz CT molecular complexity index is 479.